The number of rotatable bonds is 23. The normalized spacial score (nSPS) is 14.1. The molecule has 0 aliphatic heterocycles. The van der Waals surface area contributed by atoms with Crippen LogP contribution in [0.1, 0.15) is 122 Å². The fourth-order valence-corrected chi connectivity index (χ4v) is 5.05. The maximum Gasteiger partial charge on any atom is 0.303 e. The van der Waals surface area contributed by atoms with Gasteiger partial charge in [-0.15, -0.1) is 0 Å². The van der Waals surface area contributed by atoms with Crippen LogP contribution in [0.2, 0.25) is 0 Å². The molecule has 1 aromatic carbocycles. The summed E-state index contributed by atoms with van der Waals surface area (Å²) in [5.74, 6) is -0.741. The maximum atomic E-state index is 11.0. The van der Waals surface area contributed by atoms with Crippen LogP contribution in [0.25, 0.3) is 0 Å². The summed E-state index contributed by atoms with van der Waals surface area (Å²) in [5, 5.41) is 19.8. The average Bonchev–Trinajstić information content (AvgIpc) is 2.79. The number of hydrogen-bond acceptors (Lipinski definition) is 2. The minimum absolute atomic E-state index is 0.192. The number of aliphatic hydroxyl groups is 1. The van der Waals surface area contributed by atoms with E-state index in [2.05, 4.69) is 26.1 Å². The fourth-order valence-electron chi connectivity index (χ4n) is 5.05. The Morgan fingerprint density at radius 3 is 1.79 bits per heavy atom. The van der Waals surface area contributed by atoms with Gasteiger partial charge in [0.2, 0.25) is 0 Å². The summed E-state index contributed by atoms with van der Waals surface area (Å²) in [7, 11) is 2.16. The molecule has 0 bridgehead atoms. The molecule has 0 amide bonds. The summed E-state index contributed by atoms with van der Waals surface area (Å²) in [6.45, 7) is 4.57. The highest BCUT2D eigenvalue weighted by Crippen LogP contribution is 2.18. The lowest BCUT2D eigenvalue weighted by molar-refractivity contribution is -0.925. The molecule has 0 fully saturated rings. The molecule has 0 spiro atoms. The van der Waals surface area contributed by atoms with Crippen molar-refractivity contribution in [2.45, 2.75) is 129 Å². The minimum Gasteiger partial charge on any atom is -0.481 e. The Bertz CT molecular complexity index is 606. The molecule has 4 nitrogen and oxygen atoms in total. The standard InChI is InChI=1S/C30H53NO3/c1-3-4-5-6-7-8-9-10-11-12-13-14-15-19-23-29(32)27-31(2,25-20-24-30(33)34)26-28-21-17-16-18-22-28/h16-18,21-22,29,32H,3-15,19-20,23-27H2,1-2H3/p+1. The average molecular weight is 477 g/mol. The minimum atomic E-state index is -0.741. The third-order valence-electron chi connectivity index (χ3n) is 7.04. The van der Waals surface area contributed by atoms with Gasteiger partial charge in [-0.25, -0.2) is 0 Å². The third-order valence-corrected chi connectivity index (χ3v) is 7.04. The number of carboxylic acid groups (broad SMARTS) is 1. The Balaban J connectivity index is 2.15. The van der Waals surface area contributed by atoms with E-state index in [9.17, 15) is 9.90 Å². The molecular weight excluding hydrogens is 422 g/mol. The van der Waals surface area contributed by atoms with Gasteiger partial charge >= 0.3 is 5.97 Å². The highest BCUT2D eigenvalue weighted by atomic mass is 16.4. The van der Waals surface area contributed by atoms with E-state index in [4.69, 9.17) is 5.11 Å². The van der Waals surface area contributed by atoms with Gasteiger partial charge in [0.1, 0.15) is 19.2 Å². The summed E-state index contributed by atoms with van der Waals surface area (Å²) in [5.41, 5.74) is 1.24. The van der Waals surface area contributed by atoms with E-state index >= 15 is 0 Å². The van der Waals surface area contributed by atoms with Crippen molar-refractivity contribution >= 4 is 5.97 Å². The van der Waals surface area contributed by atoms with Gasteiger partial charge in [-0.2, -0.15) is 0 Å². The number of likely N-dealkylation sites (N-methyl/N-ethyl adjacent to an activating group) is 1. The lowest BCUT2D eigenvalue weighted by Crippen LogP contribution is -2.49. The van der Waals surface area contributed by atoms with Crippen LogP contribution in [0.3, 0.4) is 0 Å². The van der Waals surface area contributed by atoms with E-state index < -0.39 is 5.97 Å². The molecule has 0 saturated carbocycles. The number of hydrogen-bond donors (Lipinski definition) is 2. The largest absolute Gasteiger partial charge is 0.481 e. The number of carbonyl (C=O) groups is 1. The number of unbranched alkanes of at least 4 members (excludes halogenated alkanes) is 13. The maximum absolute atomic E-state index is 11.0. The Morgan fingerprint density at radius 2 is 1.29 bits per heavy atom. The molecule has 2 atom stereocenters. The van der Waals surface area contributed by atoms with E-state index in [1.165, 1.54) is 89.0 Å². The van der Waals surface area contributed by atoms with Crippen LogP contribution in [0, 0.1) is 0 Å². The number of nitrogens with zero attached hydrogens (tertiary/aromatic N) is 1. The number of carboxylic acids is 1. The molecule has 1 aromatic rings. The SMILES string of the molecule is CCCCCCCCCCCCCCCCC(O)C[N+](C)(CCCC(=O)O)Cc1ccccc1. The van der Waals surface area contributed by atoms with Crippen LogP contribution in [0.15, 0.2) is 30.3 Å². The van der Waals surface area contributed by atoms with Crippen molar-refractivity contribution in [3.8, 4) is 0 Å². The second-order valence-corrected chi connectivity index (χ2v) is 10.7. The highest BCUT2D eigenvalue weighted by Gasteiger charge is 2.26. The fraction of sp³-hybridized carbons (Fsp3) is 0.767. The Hall–Kier alpha value is -1.39. The van der Waals surface area contributed by atoms with Crippen molar-refractivity contribution in [1.29, 1.82) is 0 Å². The second kappa shape index (κ2) is 19.9. The molecule has 0 heterocycles. The van der Waals surface area contributed by atoms with Crippen molar-refractivity contribution in [2.24, 2.45) is 0 Å². The van der Waals surface area contributed by atoms with E-state index in [1.807, 2.05) is 18.2 Å². The van der Waals surface area contributed by atoms with E-state index in [-0.39, 0.29) is 12.5 Å². The zero-order valence-corrected chi connectivity index (χ0v) is 22.4. The molecule has 0 aromatic heterocycles. The predicted molar refractivity (Wildman–Crippen MR) is 144 cm³/mol. The van der Waals surface area contributed by atoms with Crippen LogP contribution < -0.4 is 0 Å². The monoisotopic (exact) mass is 476 g/mol. The molecule has 4 heteroatoms. The number of aliphatic hydroxyl groups excluding tert-OH is 1. The lowest BCUT2D eigenvalue weighted by atomic mass is 10.0. The molecule has 0 aliphatic rings. The van der Waals surface area contributed by atoms with Gasteiger partial charge in [0.25, 0.3) is 0 Å². The molecule has 0 saturated heterocycles. The first-order valence-corrected chi connectivity index (χ1v) is 14.2. The highest BCUT2D eigenvalue weighted by molar-refractivity contribution is 5.66. The Labute approximate surface area is 210 Å². The lowest BCUT2D eigenvalue weighted by Gasteiger charge is -2.36. The van der Waals surface area contributed by atoms with Crippen molar-refractivity contribution < 1.29 is 19.5 Å². The zero-order chi connectivity index (χ0) is 24.9. The molecule has 2 unspecified atom stereocenters. The van der Waals surface area contributed by atoms with Crippen molar-refractivity contribution in [2.75, 3.05) is 20.1 Å². The number of quaternary nitrogens is 1. The van der Waals surface area contributed by atoms with Gasteiger partial charge in [0.15, 0.2) is 0 Å². The number of aliphatic carboxylic acids is 1. The third kappa shape index (κ3) is 17.1. The Kier molecular flexibility index (Phi) is 17.9. The van der Waals surface area contributed by atoms with Crippen LogP contribution >= 0.6 is 0 Å². The first-order valence-electron chi connectivity index (χ1n) is 14.2. The van der Waals surface area contributed by atoms with Gasteiger partial charge in [0, 0.05) is 12.0 Å². The summed E-state index contributed by atoms with van der Waals surface area (Å²) < 4.78 is 0.692. The topological polar surface area (TPSA) is 57.5 Å². The molecule has 2 N–H and O–H groups in total. The first-order chi connectivity index (χ1) is 16.4. The van der Waals surface area contributed by atoms with Gasteiger partial charge in [-0.1, -0.05) is 127 Å². The molecule has 0 radical (unpaired) electrons. The Morgan fingerprint density at radius 1 is 0.794 bits per heavy atom. The van der Waals surface area contributed by atoms with E-state index in [0.29, 0.717) is 17.4 Å². The van der Waals surface area contributed by atoms with Crippen LogP contribution in [-0.4, -0.2) is 46.9 Å². The smallest absolute Gasteiger partial charge is 0.303 e. The number of benzene rings is 1. The van der Waals surface area contributed by atoms with E-state index in [1.54, 1.807) is 0 Å². The summed E-state index contributed by atoms with van der Waals surface area (Å²) in [6.07, 6.45) is 20.2. The van der Waals surface area contributed by atoms with Crippen molar-refractivity contribution in [1.82, 2.24) is 0 Å². The van der Waals surface area contributed by atoms with Gasteiger partial charge < -0.3 is 14.7 Å². The first kappa shape index (κ1) is 30.6. The molecule has 0 aliphatic carbocycles. The second-order valence-electron chi connectivity index (χ2n) is 10.7. The molecule has 34 heavy (non-hydrogen) atoms. The van der Waals surface area contributed by atoms with Crippen LogP contribution in [-0.2, 0) is 11.3 Å². The molecule has 1 rings (SSSR count). The molecular formula is C30H54NO3+. The van der Waals surface area contributed by atoms with Crippen LogP contribution in [0.4, 0.5) is 0 Å². The summed E-state index contributed by atoms with van der Waals surface area (Å²) >= 11 is 0. The van der Waals surface area contributed by atoms with Gasteiger partial charge in [0.05, 0.1) is 20.0 Å². The summed E-state index contributed by atoms with van der Waals surface area (Å²) in [4.78, 5) is 11.0. The van der Waals surface area contributed by atoms with Crippen molar-refractivity contribution in [3.05, 3.63) is 35.9 Å². The van der Waals surface area contributed by atoms with E-state index in [0.717, 1.165) is 25.9 Å². The van der Waals surface area contributed by atoms with Crippen LogP contribution in [0.5, 0.6) is 0 Å². The van der Waals surface area contributed by atoms with Gasteiger partial charge in [-0.05, 0) is 6.42 Å². The molecule has 196 valence electrons. The quantitative estimate of drug-likeness (QED) is 0.125. The summed E-state index contributed by atoms with van der Waals surface area (Å²) in [6, 6.07) is 10.3. The predicted octanol–water partition coefficient (Wildman–Crippen LogP) is 7.73. The van der Waals surface area contributed by atoms with Gasteiger partial charge in [-0.3, -0.25) is 4.79 Å². The van der Waals surface area contributed by atoms with Crippen molar-refractivity contribution in [3.63, 3.8) is 0 Å². The zero-order valence-electron chi connectivity index (χ0n) is 22.4.